The van der Waals surface area contributed by atoms with Gasteiger partial charge < -0.3 is 14.7 Å². The van der Waals surface area contributed by atoms with Crippen molar-refractivity contribution in [2.24, 2.45) is 0 Å². The Balaban J connectivity index is 2.19. The molecule has 23 heavy (non-hydrogen) atoms. The maximum atomic E-state index is 9.41. The molecule has 2 aromatic rings. The fourth-order valence-corrected chi connectivity index (χ4v) is 2.75. The highest BCUT2D eigenvalue weighted by Crippen LogP contribution is 2.23. The summed E-state index contributed by atoms with van der Waals surface area (Å²) in [6.45, 7) is 2.29. The van der Waals surface area contributed by atoms with Gasteiger partial charge in [-0.25, -0.2) is 0 Å². The molecule has 0 radical (unpaired) electrons. The van der Waals surface area contributed by atoms with Gasteiger partial charge in [0, 0.05) is 45.0 Å². The zero-order valence-electron chi connectivity index (χ0n) is 14.2. The molecule has 124 valence electrons. The van der Waals surface area contributed by atoms with E-state index >= 15 is 0 Å². The van der Waals surface area contributed by atoms with Gasteiger partial charge in [-0.05, 0) is 17.7 Å². The van der Waals surface area contributed by atoms with Gasteiger partial charge in [0.15, 0.2) is 0 Å². The monoisotopic (exact) mass is 314 g/mol. The molecule has 1 N–H and O–H groups in total. The summed E-state index contributed by atoms with van der Waals surface area (Å²) in [5.41, 5.74) is 3.59. The smallest absolute Gasteiger partial charge is 0.123 e. The Kier molecular flexibility index (Phi) is 6.44. The van der Waals surface area contributed by atoms with Crippen LogP contribution < -0.4 is 9.64 Å². The van der Waals surface area contributed by atoms with Crippen LogP contribution in [0.4, 0.5) is 5.69 Å². The number of hydrogen-bond donors (Lipinski definition) is 1. The Hall–Kier alpha value is -2.04. The molecular formula is C19H26N2O2. The van der Waals surface area contributed by atoms with Crippen LogP contribution in [0.25, 0.3) is 0 Å². The highest BCUT2D eigenvalue weighted by Gasteiger charge is 2.12. The van der Waals surface area contributed by atoms with E-state index in [0.29, 0.717) is 6.54 Å². The van der Waals surface area contributed by atoms with Crippen LogP contribution in [0.3, 0.4) is 0 Å². The summed E-state index contributed by atoms with van der Waals surface area (Å²) in [7, 11) is 5.79. The fourth-order valence-electron chi connectivity index (χ4n) is 2.75. The highest BCUT2D eigenvalue weighted by molar-refractivity contribution is 5.52. The molecule has 4 heteroatoms. The first-order chi connectivity index (χ1) is 11.2. The van der Waals surface area contributed by atoms with E-state index in [0.717, 1.165) is 24.4 Å². The molecular weight excluding hydrogens is 288 g/mol. The van der Waals surface area contributed by atoms with Crippen molar-refractivity contribution in [3.63, 3.8) is 0 Å². The lowest BCUT2D eigenvalue weighted by molar-refractivity contribution is 0.183. The minimum atomic E-state index is 0.138. The number of aliphatic hydroxyl groups is 1. The minimum Gasteiger partial charge on any atom is -0.496 e. The zero-order chi connectivity index (χ0) is 16.7. The van der Waals surface area contributed by atoms with Crippen LogP contribution >= 0.6 is 0 Å². The lowest BCUT2D eigenvalue weighted by atomic mass is 10.1. The van der Waals surface area contributed by atoms with Gasteiger partial charge in [0.2, 0.25) is 0 Å². The number of rotatable bonds is 8. The standard InChI is InChI=1S/C19H26N2O2/c1-20(2)18-10-6-4-8-16(18)14-21(12-13-22)15-17-9-5-7-11-19(17)23-3/h4-11,22H,12-15H2,1-3H3. The van der Waals surface area contributed by atoms with E-state index in [1.54, 1.807) is 7.11 Å². The number of anilines is 1. The first-order valence-corrected chi connectivity index (χ1v) is 7.86. The van der Waals surface area contributed by atoms with E-state index in [1.165, 1.54) is 11.3 Å². The molecule has 0 amide bonds. The quantitative estimate of drug-likeness (QED) is 0.813. The third kappa shape index (κ3) is 4.71. The normalized spacial score (nSPS) is 10.8. The minimum absolute atomic E-state index is 0.138. The van der Waals surface area contributed by atoms with Gasteiger partial charge in [-0.15, -0.1) is 0 Å². The molecule has 0 spiro atoms. The van der Waals surface area contributed by atoms with E-state index in [1.807, 2.05) is 18.2 Å². The van der Waals surface area contributed by atoms with Gasteiger partial charge in [-0.3, -0.25) is 4.90 Å². The van der Waals surface area contributed by atoms with Crippen LogP contribution in [0.1, 0.15) is 11.1 Å². The van der Waals surface area contributed by atoms with Crippen LogP contribution in [-0.4, -0.2) is 44.4 Å². The van der Waals surface area contributed by atoms with Gasteiger partial charge in [0.1, 0.15) is 5.75 Å². The van der Waals surface area contributed by atoms with Crippen molar-refractivity contribution in [1.29, 1.82) is 0 Å². The van der Waals surface area contributed by atoms with E-state index in [-0.39, 0.29) is 6.61 Å². The van der Waals surface area contributed by atoms with Crippen LogP contribution in [0.2, 0.25) is 0 Å². The van der Waals surface area contributed by atoms with Gasteiger partial charge in [0.25, 0.3) is 0 Å². The number of para-hydroxylation sites is 2. The van der Waals surface area contributed by atoms with Gasteiger partial charge >= 0.3 is 0 Å². The molecule has 0 aliphatic rings. The molecule has 0 aliphatic heterocycles. The summed E-state index contributed by atoms with van der Waals surface area (Å²) < 4.78 is 5.44. The lowest BCUT2D eigenvalue weighted by Gasteiger charge is -2.25. The zero-order valence-corrected chi connectivity index (χ0v) is 14.2. The molecule has 0 atom stereocenters. The number of ether oxygens (including phenoxy) is 1. The Labute approximate surface area is 138 Å². The molecule has 2 aromatic carbocycles. The Morgan fingerprint density at radius 1 is 0.913 bits per heavy atom. The third-order valence-corrected chi connectivity index (χ3v) is 3.87. The number of benzene rings is 2. The molecule has 0 saturated carbocycles. The molecule has 0 fully saturated rings. The van der Waals surface area contributed by atoms with E-state index < -0.39 is 0 Å². The van der Waals surface area contributed by atoms with Gasteiger partial charge in [0.05, 0.1) is 13.7 Å². The topological polar surface area (TPSA) is 35.9 Å². The first kappa shape index (κ1) is 17.3. The molecule has 2 rings (SSSR count). The Bertz CT molecular complexity index is 614. The SMILES string of the molecule is COc1ccccc1CN(CCO)Cc1ccccc1N(C)C. The predicted molar refractivity (Wildman–Crippen MR) is 95.0 cm³/mol. The summed E-state index contributed by atoms with van der Waals surface area (Å²) in [5, 5.41) is 9.41. The largest absolute Gasteiger partial charge is 0.496 e. The summed E-state index contributed by atoms with van der Waals surface area (Å²) in [6, 6.07) is 16.4. The van der Waals surface area contributed by atoms with Crippen molar-refractivity contribution in [3.05, 3.63) is 59.7 Å². The van der Waals surface area contributed by atoms with Crippen molar-refractivity contribution < 1.29 is 9.84 Å². The number of hydrogen-bond acceptors (Lipinski definition) is 4. The molecule has 0 bridgehead atoms. The summed E-state index contributed by atoms with van der Waals surface area (Å²) in [4.78, 5) is 4.36. The molecule has 0 aliphatic carbocycles. The number of nitrogens with zero attached hydrogens (tertiary/aromatic N) is 2. The molecule has 0 heterocycles. The van der Waals surface area contributed by atoms with E-state index in [4.69, 9.17) is 4.74 Å². The highest BCUT2D eigenvalue weighted by atomic mass is 16.5. The van der Waals surface area contributed by atoms with Crippen LogP contribution in [0, 0.1) is 0 Å². The summed E-state index contributed by atoms with van der Waals surface area (Å²) in [5.74, 6) is 0.885. The maximum Gasteiger partial charge on any atom is 0.123 e. The van der Waals surface area contributed by atoms with Crippen molar-refractivity contribution in [2.45, 2.75) is 13.1 Å². The van der Waals surface area contributed by atoms with Crippen LogP contribution in [-0.2, 0) is 13.1 Å². The summed E-state index contributed by atoms with van der Waals surface area (Å²) >= 11 is 0. The second kappa shape index (κ2) is 8.56. The lowest BCUT2D eigenvalue weighted by Crippen LogP contribution is -2.27. The first-order valence-electron chi connectivity index (χ1n) is 7.86. The van der Waals surface area contributed by atoms with Crippen molar-refractivity contribution in [1.82, 2.24) is 4.90 Å². The fraction of sp³-hybridized carbons (Fsp3) is 0.368. The van der Waals surface area contributed by atoms with E-state index in [9.17, 15) is 5.11 Å². The molecule has 0 aromatic heterocycles. The average molecular weight is 314 g/mol. The molecule has 0 saturated heterocycles. The Morgan fingerprint density at radius 3 is 2.17 bits per heavy atom. The maximum absolute atomic E-state index is 9.41. The number of methoxy groups -OCH3 is 1. The molecule has 4 nitrogen and oxygen atoms in total. The van der Waals surface area contributed by atoms with E-state index in [2.05, 4.69) is 54.2 Å². The predicted octanol–water partition coefficient (Wildman–Crippen LogP) is 2.76. The van der Waals surface area contributed by atoms with Crippen molar-refractivity contribution in [2.75, 3.05) is 39.3 Å². The second-order valence-electron chi connectivity index (χ2n) is 5.77. The summed E-state index contributed by atoms with van der Waals surface area (Å²) in [6.07, 6.45) is 0. The second-order valence-corrected chi connectivity index (χ2v) is 5.77. The van der Waals surface area contributed by atoms with Crippen molar-refractivity contribution >= 4 is 5.69 Å². The van der Waals surface area contributed by atoms with Crippen LogP contribution in [0.5, 0.6) is 5.75 Å². The average Bonchev–Trinajstić information content (AvgIpc) is 2.56. The molecule has 0 unspecified atom stereocenters. The van der Waals surface area contributed by atoms with Gasteiger partial charge in [-0.2, -0.15) is 0 Å². The Morgan fingerprint density at radius 2 is 1.52 bits per heavy atom. The van der Waals surface area contributed by atoms with Gasteiger partial charge in [-0.1, -0.05) is 36.4 Å². The number of aliphatic hydroxyl groups excluding tert-OH is 1. The third-order valence-electron chi connectivity index (χ3n) is 3.87. The van der Waals surface area contributed by atoms with Crippen LogP contribution in [0.15, 0.2) is 48.5 Å². The van der Waals surface area contributed by atoms with Crippen molar-refractivity contribution in [3.8, 4) is 5.75 Å².